The molecule has 1 aliphatic heterocycles. The molecular weight excluding hydrogens is 494 g/mol. The van der Waals surface area contributed by atoms with Crippen LogP contribution in [0.2, 0.25) is 0 Å². The van der Waals surface area contributed by atoms with Crippen molar-refractivity contribution < 1.29 is 28.5 Å². The van der Waals surface area contributed by atoms with E-state index in [2.05, 4.69) is 5.32 Å². The molecule has 7 heteroatoms. The standard InChI is InChI=1S/C32H37NO6/c1-19-28(32(35)39-23-9-6-5-7-10-23)29(24-11-8-12-27(37-3)31(24)38-4)30-25(33-19)17-21(18-26(30)34)20-13-15-22(36-2)16-14-20/h8,11-16,21,23,29,33H,5-7,9-10,17-18H2,1-4H3/t21-,29+/m1/s1. The fraction of sp³-hybridized carbons (Fsp3) is 0.438. The van der Waals surface area contributed by atoms with Crippen LogP contribution in [0, 0.1) is 0 Å². The van der Waals surface area contributed by atoms with Gasteiger partial charge in [0.1, 0.15) is 11.9 Å². The summed E-state index contributed by atoms with van der Waals surface area (Å²) in [6.07, 6.45) is 5.92. The number of hydrogen-bond acceptors (Lipinski definition) is 7. The zero-order valence-corrected chi connectivity index (χ0v) is 23.2. The SMILES string of the molecule is COc1ccc([C@H]2CC(=O)C3=C(C2)NC(C)=C(C(=O)OC2CCCCC2)[C@@H]3c2cccc(OC)c2OC)cc1. The Morgan fingerprint density at radius 1 is 0.897 bits per heavy atom. The lowest BCUT2D eigenvalue weighted by Crippen LogP contribution is -2.37. The number of carbonyl (C=O) groups excluding carboxylic acids is 2. The molecule has 1 fully saturated rings. The Labute approximate surface area is 230 Å². The molecule has 0 unspecified atom stereocenters. The van der Waals surface area contributed by atoms with Crippen LogP contribution in [0.15, 0.2) is 65.0 Å². The number of allylic oxidation sites excluding steroid dienone is 3. The highest BCUT2D eigenvalue weighted by Crippen LogP contribution is 2.49. The van der Waals surface area contributed by atoms with Crippen LogP contribution >= 0.6 is 0 Å². The van der Waals surface area contributed by atoms with Gasteiger partial charge in [-0.3, -0.25) is 4.79 Å². The normalized spacial score (nSPS) is 21.7. The van der Waals surface area contributed by atoms with E-state index in [0.29, 0.717) is 41.2 Å². The number of ether oxygens (including phenoxy) is 4. The molecule has 2 aliphatic carbocycles. The maximum Gasteiger partial charge on any atom is 0.337 e. The van der Waals surface area contributed by atoms with Gasteiger partial charge in [0, 0.05) is 29.0 Å². The summed E-state index contributed by atoms with van der Waals surface area (Å²) >= 11 is 0. The Kier molecular flexibility index (Phi) is 7.96. The molecule has 2 aromatic carbocycles. The predicted molar refractivity (Wildman–Crippen MR) is 148 cm³/mol. The molecule has 0 amide bonds. The zero-order valence-electron chi connectivity index (χ0n) is 23.2. The van der Waals surface area contributed by atoms with Gasteiger partial charge in [0.25, 0.3) is 0 Å². The van der Waals surface area contributed by atoms with Crippen molar-refractivity contribution in [3.8, 4) is 17.2 Å². The number of benzene rings is 2. The van der Waals surface area contributed by atoms with E-state index in [0.717, 1.165) is 48.3 Å². The van der Waals surface area contributed by atoms with Crippen molar-refractivity contribution in [2.75, 3.05) is 21.3 Å². The molecule has 3 aliphatic rings. The smallest absolute Gasteiger partial charge is 0.337 e. The van der Waals surface area contributed by atoms with E-state index in [4.69, 9.17) is 18.9 Å². The van der Waals surface area contributed by atoms with E-state index >= 15 is 0 Å². The van der Waals surface area contributed by atoms with E-state index < -0.39 is 5.92 Å². The van der Waals surface area contributed by atoms with Crippen LogP contribution in [0.5, 0.6) is 17.2 Å². The number of ketones is 1. The predicted octanol–water partition coefficient (Wildman–Crippen LogP) is 5.95. The Hall–Kier alpha value is -3.74. The minimum Gasteiger partial charge on any atom is -0.497 e. The van der Waals surface area contributed by atoms with Crippen LogP contribution in [0.1, 0.15) is 74.8 Å². The molecular formula is C32H37NO6. The van der Waals surface area contributed by atoms with Gasteiger partial charge in [0.15, 0.2) is 17.3 Å². The lowest BCUT2D eigenvalue weighted by Gasteiger charge is -2.37. The first kappa shape index (κ1) is 26.9. The minimum atomic E-state index is -0.619. The lowest BCUT2D eigenvalue weighted by atomic mass is 9.71. The summed E-state index contributed by atoms with van der Waals surface area (Å²) in [4.78, 5) is 27.8. The van der Waals surface area contributed by atoms with Crippen molar-refractivity contribution in [2.45, 2.75) is 69.8 Å². The summed E-state index contributed by atoms with van der Waals surface area (Å²) in [5, 5.41) is 3.45. The van der Waals surface area contributed by atoms with Gasteiger partial charge in [-0.05, 0) is 68.7 Å². The topological polar surface area (TPSA) is 83.1 Å². The summed E-state index contributed by atoms with van der Waals surface area (Å²) in [5.74, 6) is 0.875. The molecule has 7 nitrogen and oxygen atoms in total. The molecule has 206 valence electrons. The Morgan fingerprint density at radius 3 is 2.31 bits per heavy atom. The highest BCUT2D eigenvalue weighted by molar-refractivity contribution is 6.04. The minimum absolute atomic E-state index is 0.00917. The molecule has 0 spiro atoms. The molecule has 0 aromatic heterocycles. The molecule has 5 rings (SSSR count). The number of hydrogen-bond donors (Lipinski definition) is 1. The maximum atomic E-state index is 14.0. The molecule has 1 saturated carbocycles. The number of Topliss-reactive ketones (excluding diaryl/α,β-unsaturated/α-hetero) is 1. The van der Waals surface area contributed by atoms with E-state index in [9.17, 15) is 9.59 Å². The maximum absolute atomic E-state index is 14.0. The van der Waals surface area contributed by atoms with Crippen molar-refractivity contribution >= 4 is 11.8 Å². The molecule has 2 atom stereocenters. The summed E-state index contributed by atoms with van der Waals surface area (Å²) in [6, 6.07) is 13.5. The fourth-order valence-corrected chi connectivity index (χ4v) is 6.27. The molecule has 0 bridgehead atoms. The van der Waals surface area contributed by atoms with Crippen LogP contribution in [-0.4, -0.2) is 39.2 Å². The number of esters is 1. The van der Waals surface area contributed by atoms with Crippen LogP contribution in [0.3, 0.4) is 0 Å². The largest absolute Gasteiger partial charge is 0.497 e. The van der Waals surface area contributed by atoms with Gasteiger partial charge in [-0.2, -0.15) is 0 Å². The van der Waals surface area contributed by atoms with Crippen LogP contribution in [0.25, 0.3) is 0 Å². The number of carbonyl (C=O) groups is 2. The molecule has 39 heavy (non-hydrogen) atoms. The molecule has 1 N–H and O–H groups in total. The fourth-order valence-electron chi connectivity index (χ4n) is 6.27. The summed E-state index contributed by atoms with van der Waals surface area (Å²) in [7, 11) is 4.80. The zero-order chi connectivity index (χ0) is 27.5. The number of dihydropyridines is 1. The first-order chi connectivity index (χ1) is 18.9. The summed E-state index contributed by atoms with van der Waals surface area (Å²) in [6.45, 7) is 1.89. The molecule has 0 radical (unpaired) electrons. The number of methoxy groups -OCH3 is 3. The van der Waals surface area contributed by atoms with Crippen molar-refractivity contribution in [3.05, 3.63) is 76.1 Å². The first-order valence-corrected chi connectivity index (χ1v) is 13.7. The second-order valence-corrected chi connectivity index (χ2v) is 10.5. The average Bonchev–Trinajstić information content (AvgIpc) is 2.96. The van der Waals surface area contributed by atoms with Gasteiger partial charge >= 0.3 is 5.97 Å². The van der Waals surface area contributed by atoms with Crippen molar-refractivity contribution in [1.29, 1.82) is 0 Å². The quantitative estimate of drug-likeness (QED) is 0.442. The highest BCUT2D eigenvalue weighted by atomic mass is 16.5. The van der Waals surface area contributed by atoms with E-state index in [1.165, 1.54) is 6.42 Å². The lowest BCUT2D eigenvalue weighted by molar-refractivity contribution is -0.146. The van der Waals surface area contributed by atoms with E-state index in [1.54, 1.807) is 21.3 Å². The van der Waals surface area contributed by atoms with Gasteiger partial charge in [0.2, 0.25) is 0 Å². The van der Waals surface area contributed by atoms with E-state index in [1.807, 2.05) is 49.4 Å². The third-order valence-electron chi connectivity index (χ3n) is 8.21. The second-order valence-electron chi connectivity index (χ2n) is 10.5. The van der Waals surface area contributed by atoms with Gasteiger partial charge in [-0.1, -0.05) is 30.7 Å². The summed E-state index contributed by atoms with van der Waals surface area (Å²) in [5.41, 5.74) is 4.41. The van der Waals surface area contributed by atoms with Crippen LogP contribution in [0.4, 0.5) is 0 Å². The van der Waals surface area contributed by atoms with Crippen molar-refractivity contribution in [1.82, 2.24) is 5.32 Å². The molecule has 2 aromatic rings. The Bertz CT molecular complexity index is 1300. The van der Waals surface area contributed by atoms with Crippen molar-refractivity contribution in [3.63, 3.8) is 0 Å². The van der Waals surface area contributed by atoms with E-state index in [-0.39, 0.29) is 23.8 Å². The second kappa shape index (κ2) is 11.6. The highest BCUT2D eigenvalue weighted by Gasteiger charge is 2.43. The summed E-state index contributed by atoms with van der Waals surface area (Å²) < 4.78 is 22.7. The number of para-hydroxylation sites is 1. The van der Waals surface area contributed by atoms with Gasteiger partial charge in [-0.15, -0.1) is 0 Å². The monoisotopic (exact) mass is 531 g/mol. The molecule has 0 saturated heterocycles. The van der Waals surface area contributed by atoms with Crippen LogP contribution < -0.4 is 19.5 Å². The van der Waals surface area contributed by atoms with Crippen molar-refractivity contribution in [2.24, 2.45) is 0 Å². The van der Waals surface area contributed by atoms with Gasteiger partial charge < -0.3 is 24.3 Å². The van der Waals surface area contributed by atoms with Crippen LogP contribution in [-0.2, 0) is 14.3 Å². The third-order valence-corrected chi connectivity index (χ3v) is 8.21. The Morgan fingerprint density at radius 2 is 1.64 bits per heavy atom. The molecule has 1 heterocycles. The third kappa shape index (κ3) is 5.27. The van der Waals surface area contributed by atoms with Gasteiger partial charge in [0.05, 0.1) is 32.8 Å². The number of rotatable bonds is 7. The number of nitrogens with one attached hydrogen (secondary N) is 1. The Balaban J connectivity index is 1.57. The van der Waals surface area contributed by atoms with Gasteiger partial charge in [-0.25, -0.2) is 4.79 Å². The average molecular weight is 532 g/mol. The first-order valence-electron chi connectivity index (χ1n) is 13.7.